The molecule has 2 aliphatic carbocycles. The summed E-state index contributed by atoms with van der Waals surface area (Å²) >= 11 is 0. The van der Waals surface area contributed by atoms with Gasteiger partial charge in [-0.3, -0.25) is 4.79 Å². The van der Waals surface area contributed by atoms with Crippen LogP contribution in [0.1, 0.15) is 73.1 Å². The Balaban J connectivity index is 1.74. The number of fused-ring (bicyclic) bond motifs is 3. The molecule has 9 atom stereocenters. The van der Waals surface area contributed by atoms with Crippen molar-refractivity contribution in [1.82, 2.24) is 0 Å². The van der Waals surface area contributed by atoms with Crippen LogP contribution in [0.3, 0.4) is 0 Å². The summed E-state index contributed by atoms with van der Waals surface area (Å²) in [5.41, 5.74) is -2.28. The van der Waals surface area contributed by atoms with Crippen LogP contribution in [-0.2, 0) is 23.7 Å². The molecular weight excluding hydrogens is 388 g/mol. The molecule has 2 heterocycles. The molecule has 0 aromatic heterocycles. The first kappa shape index (κ1) is 22.5. The fourth-order valence-electron chi connectivity index (χ4n) is 7.73. The van der Waals surface area contributed by atoms with Gasteiger partial charge in [0.15, 0.2) is 12.6 Å². The number of hydrogen-bond donors (Lipinski definition) is 2. The highest BCUT2D eigenvalue weighted by Crippen LogP contribution is 2.67. The first-order valence-corrected chi connectivity index (χ1v) is 11.3. The van der Waals surface area contributed by atoms with Crippen molar-refractivity contribution in [2.75, 3.05) is 7.11 Å². The molecule has 7 nitrogen and oxygen atoms in total. The number of ether oxygens (including phenoxy) is 4. The van der Waals surface area contributed by atoms with Crippen LogP contribution in [0.5, 0.6) is 0 Å². The van der Waals surface area contributed by atoms with E-state index in [0.29, 0.717) is 19.3 Å². The van der Waals surface area contributed by atoms with Gasteiger partial charge in [0, 0.05) is 25.4 Å². The molecule has 0 aromatic carbocycles. The van der Waals surface area contributed by atoms with Gasteiger partial charge in [-0.1, -0.05) is 34.1 Å². The second kappa shape index (κ2) is 7.14. The van der Waals surface area contributed by atoms with E-state index in [1.54, 1.807) is 0 Å². The van der Waals surface area contributed by atoms with Crippen molar-refractivity contribution in [3.8, 4) is 0 Å². The standard InChI is InChI=1S/C23H38O7/c1-13-12-15(28-14(2)24)16-20(3,4)8-7-9-21(16,5)23(13)11-10-22(26)17(25)18(27-6)29-19(22)30-23/h13,15-19,25-26H,7-12H2,1-6H3/t13-,15-,16+,17?,18-,19-,21+,22?,23-/m1/s1. The van der Waals surface area contributed by atoms with Crippen molar-refractivity contribution in [3.63, 3.8) is 0 Å². The Bertz CT molecular complexity index is 695. The van der Waals surface area contributed by atoms with Gasteiger partial charge in [0.1, 0.15) is 17.8 Å². The molecular formula is C23H38O7. The van der Waals surface area contributed by atoms with E-state index in [1.165, 1.54) is 14.0 Å². The molecule has 2 saturated heterocycles. The molecule has 4 fully saturated rings. The van der Waals surface area contributed by atoms with E-state index in [4.69, 9.17) is 18.9 Å². The van der Waals surface area contributed by atoms with Crippen LogP contribution in [0.4, 0.5) is 0 Å². The van der Waals surface area contributed by atoms with Gasteiger partial charge in [-0.2, -0.15) is 0 Å². The molecule has 4 aliphatic rings. The zero-order chi connectivity index (χ0) is 22.1. The van der Waals surface area contributed by atoms with Gasteiger partial charge < -0.3 is 29.2 Å². The molecule has 2 unspecified atom stereocenters. The number of methoxy groups -OCH3 is 1. The molecule has 0 radical (unpaired) electrons. The van der Waals surface area contributed by atoms with Crippen LogP contribution in [0.2, 0.25) is 0 Å². The predicted octanol–water partition coefficient (Wildman–Crippen LogP) is 2.76. The summed E-state index contributed by atoms with van der Waals surface area (Å²) in [7, 11) is 1.46. The van der Waals surface area contributed by atoms with Gasteiger partial charge in [-0.25, -0.2) is 0 Å². The summed E-state index contributed by atoms with van der Waals surface area (Å²) in [5, 5.41) is 21.8. The maximum absolute atomic E-state index is 11.9. The van der Waals surface area contributed by atoms with E-state index in [1.807, 2.05) is 0 Å². The average Bonchev–Trinajstić information content (AvgIpc) is 2.89. The minimum absolute atomic E-state index is 0.0114. The van der Waals surface area contributed by atoms with E-state index < -0.39 is 29.9 Å². The maximum Gasteiger partial charge on any atom is 0.302 e. The fourth-order valence-corrected chi connectivity index (χ4v) is 7.73. The SMILES string of the molecule is CO[C@@H]1O[C@@H]2O[C@]3(CCC2(O)C1O)[C@H](C)C[C@@H](OC(C)=O)[C@H]1C(C)(C)CCC[C@@]13C. The number of carbonyl (C=O) groups is 1. The fraction of sp³-hybridized carbons (Fsp3) is 0.957. The van der Waals surface area contributed by atoms with Crippen LogP contribution in [0.15, 0.2) is 0 Å². The summed E-state index contributed by atoms with van der Waals surface area (Å²) in [6, 6.07) is 0. The molecule has 0 amide bonds. The van der Waals surface area contributed by atoms with Gasteiger partial charge >= 0.3 is 5.97 Å². The normalized spacial score (nSPS) is 52.5. The highest BCUT2D eigenvalue weighted by molar-refractivity contribution is 5.66. The van der Waals surface area contributed by atoms with Crippen molar-refractivity contribution in [3.05, 3.63) is 0 Å². The van der Waals surface area contributed by atoms with Crippen LogP contribution >= 0.6 is 0 Å². The zero-order valence-corrected chi connectivity index (χ0v) is 19.1. The third-order valence-electron chi connectivity index (χ3n) is 8.97. The summed E-state index contributed by atoms with van der Waals surface area (Å²) in [4.78, 5) is 11.9. The van der Waals surface area contributed by atoms with Crippen LogP contribution in [0.25, 0.3) is 0 Å². The lowest BCUT2D eigenvalue weighted by molar-refractivity contribution is -0.362. The Hall–Kier alpha value is -0.730. The largest absolute Gasteiger partial charge is 0.462 e. The molecule has 7 heteroatoms. The summed E-state index contributed by atoms with van der Waals surface area (Å²) in [5.74, 6) is -0.00512. The average molecular weight is 427 g/mol. The van der Waals surface area contributed by atoms with Crippen LogP contribution < -0.4 is 0 Å². The molecule has 4 rings (SSSR count). The van der Waals surface area contributed by atoms with E-state index >= 15 is 0 Å². The monoisotopic (exact) mass is 426 g/mol. The number of aliphatic hydroxyl groups is 2. The summed E-state index contributed by atoms with van der Waals surface area (Å²) in [6.45, 7) is 10.5. The van der Waals surface area contributed by atoms with E-state index in [-0.39, 0.29) is 34.7 Å². The Kier molecular flexibility index (Phi) is 5.34. The Labute approximate surface area is 179 Å². The lowest BCUT2D eigenvalue weighted by Gasteiger charge is -2.68. The maximum atomic E-state index is 11.9. The second-order valence-electron chi connectivity index (χ2n) is 11.0. The molecule has 172 valence electrons. The van der Waals surface area contributed by atoms with Crippen molar-refractivity contribution in [2.24, 2.45) is 22.7 Å². The van der Waals surface area contributed by atoms with Crippen molar-refractivity contribution < 1.29 is 34.0 Å². The molecule has 1 spiro atoms. The first-order valence-electron chi connectivity index (χ1n) is 11.3. The van der Waals surface area contributed by atoms with Gasteiger partial charge in [0.05, 0.1) is 5.60 Å². The van der Waals surface area contributed by atoms with Gasteiger partial charge in [0.25, 0.3) is 0 Å². The van der Waals surface area contributed by atoms with Crippen LogP contribution in [-0.4, -0.2) is 59.3 Å². The van der Waals surface area contributed by atoms with Crippen molar-refractivity contribution in [1.29, 1.82) is 0 Å². The van der Waals surface area contributed by atoms with E-state index in [9.17, 15) is 15.0 Å². The highest BCUT2D eigenvalue weighted by atomic mass is 16.8. The van der Waals surface area contributed by atoms with Crippen molar-refractivity contribution in [2.45, 2.75) is 109 Å². The molecule has 0 bridgehead atoms. The Morgan fingerprint density at radius 2 is 1.83 bits per heavy atom. The third kappa shape index (κ3) is 2.92. The summed E-state index contributed by atoms with van der Waals surface area (Å²) < 4.78 is 23.7. The zero-order valence-electron chi connectivity index (χ0n) is 19.1. The first-order chi connectivity index (χ1) is 13.9. The Morgan fingerprint density at radius 1 is 1.13 bits per heavy atom. The van der Waals surface area contributed by atoms with Crippen molar-refractivity contribution >= 4 is 5.97 Å². The lowest BCUT2D eigenvalue weighted by atomic mass is 9.42. The predicted molar refractivity (Wildman–Crippen MR) is 108 cm³/mol. The molecule has 2 N–H and O–H groups in total. The van der Waals surface area contributed by atoms with Gasteiger partial charge in [-0.15, -0.1) is 0 Å². The highest BCUT2D eigenvalue weighted by Gasteiger charge is 2.71. The minimum Gasteiger partial charge on any atom is -0.462 e. The van der Waals surface area contributed by atoms with E-state index in [2.05, 4.69) is 27.7 Å². The molecule has 0 aromatic rings. The Morgan fingerprint density at radius 3 is 2.47 bits per heavy atom. The number of carbonyl (C=O) groups excluding carboxylic acids is 1. The third-order valence-corrected chi connectivity index (χ3v) is 8.97. The van der Waals surface area contributed by atoms with Gasteiger partial charge in [0.2, 0.25) is 0 Å². The molecule has 30 heavy (non-hydrogen) atoms. The number of aliphatic hydroxyl groups excluding tert-OH is 1. The number of esters is 1. The quantitative estimate of drug-likeness (QED) is 0.656. The number of hydrogen-bond acceptors (Lipinski definition) is 7. The minimum atomic E-state index is -1.48. The molecule has 2 aliphatic heterocycles. The van der Waals surface area contributed by atoms with Gasteiger partial charge in [-0.05, 0) is 43.4 Å². The second-order valence-corrected chi connectivity index (χ2v) is 11.0. The van der Waals surface area contributed by atoms with E-state index in [0.717, 1.165) is 19.3 Å². The smallest absolute Gasteiger partial charge is 0.302 e. The summed E-state index contributed by atoms with van der Waals surface area (Å²) in [6.07, 6.45) is 1.66. The molecule has 2 saturated carbocycles. The van der Waals surface area contributed by atoms with Crippen LogP contribution in [0, 0.1) is 22.7 Å². The number of rotatable bonds is 2. The lowest BCUT2D eigenvalue weighted by Crippen LogP contribution is -2.71. The topological polar surface area (TPSA) is 94.5 Å².